The molecule has 13 heavy (non-hydrogen) atoms. The SMILES string of the molecule is O=C1c2c(O)cccc2OCC1Br. The van der Waals surface area contributed by atoms with E-state index >= 15 is 0 Å². The third-order valence-electron chi connectivity index (χ3n) is 1.92. The first-order valence-electron chi connectivity index (χ1n) is 3.83. The summed E-state index contributed by atoms with van der Waals surface area (Å²) < 4.78 is 5.26. The lowest BCUT2D eigenvalue weighted by Gasteiger charge is -2.20. The van der Waals surface area contributed by atoms with Gasteiger partial charge in [-0.25, -0.2) is 0 Å². The highest BCUT2D eigenvalue weighted by atomic mass is 79.9. The highest BCUT2D eigenvalue weighted by molar-refractivity contribution is 9.10. The summed E-state index contributed by atoms with van der Waals surface area (Å²) in [6, 6.07) is 4.80. The van der Waals surface area contributed by atoms with E-state index in [1.165, 1.54) is 6.07 Å². The molecule has 68 valence electrons. The Hall–Kier alpha value is -1.03. The minimum absolute atomic E-state index is 0.0216. The lowest BCUT2D eigenvalue weighted by Crippen LogP contribution is -2.27. The Morgan fingerprint density at radius 1 is 1.54 bits per heavy atom. The number of phenols is 1. The van der Waals surface area contributed by atoms with Gasteiger partial charge < -0.3 is 9.84 Å². The molecular formula is C9H7BrO3. The molecule has 0 aliphatic carbocycles. The second-order valence-electron chi connectivity index (χ2n) is 2.79. The van der Waals surface area contributed by atoms with Crippen molar-refractivity contribution in [2.45, 2.75) is 4.83 Å². The second kappa shape index (κ2) is 3.03. The molecule has 2 rings (SSSR count). The molecule has 3 nitrogen and oxygen atoms in total. The van der Waals surface area contributed by atoms with E-state index in [4.69, 9.17) is 4.74 Å². The van der Waals surface area contributed by atoms with Crippen molar-refractivity contribution < 1.29 is 14.6 Å². The number of rotatable bonds is 0. The summed E-state index contributed by atoms with van der Waals surface area (Å²) in [6.45, 7) is 0.315. The lowest BCUT2D eigenvalue weighted by molar-refractivity contribution is 0.0942. The maximum absolute atomic E-state index is 11.6. The van der Waals surface area contributed by atoms with E-state index in [1.54, 1.807) is 12.1 Å². The van der Waals surface area contributed by atoms with Gasteiger partial charge in [0.2, 0.25) is 0 Å². The first-order chi connectivity index (χ1) is 6.20. The molecule has 1 unspecified atom stereocenters. The van der Waals surface area contributed by atoms with Gasteiger partial charge in [0.15, 0.2) is 5.78 Å². The topological polar surface area (TPSA) is 46.5 Å². The fourth-order valence-corrected chi connectivity index (χ4v) is 1.64. The van der Waals surface area contributed by atoms with Crippen molar-refractivity contribution in [2.75, 3.05) is 6.61 Å². The van der Waals surface area contributed by atoms with Gasteiger partial charge in [0.05, 0.1) is 0 Å². The average molecular weight is 243 g/mol. The van der Waals surface area contributed by atoms with Crippen molar-refractivity contribution in [3.63, 3.8) is 0 Å². The first kappa shape index (κ1) is 8.56. The molecule has 1 atom stereocenters. The number of ketones is 1. The standard InChI is InChI=1S/C9H7BrO3/c10-5-4-13-7-3-1-2-6(11)8(7)9(5)12/h1-3,5,11H,4H2. The number of carbonyl (C=O) groups is 1. The summed E-state index contributed by atoms with van der Waals surface area (Å²) >= 11 is 3.17. The molecule has 0 radical (unpaired) electrons. The van der Waals surface area contributed by atoms with Crippen LogP contribution in [0, 0.1) is 0 Å². The summed E-state index contributed by atoms with van der Waals surface area (Å²) in [5.41, 5.74) is 0.274. The highest BCUT2D eigenvalue weighted by Gasteiger charge is 2.28. The third kappa shape index (κ3) is 1.31. The summed E-state index contributed by atoms with van der Waals surface area (Å²) in [6.07, 6.45) is 0. The quantitative estimate of drug-likeness (QED) is 0.706. The van der Waals surface area contributed by atoms with Crippen LogP contribution in [0.2, 0.25) is 0 Å². The fourth-order valence-electron chi connectivity index (χ4n) is 1.28. The van der Waals surface area contributed by atoms with Gasteiger partial charge in [-0.1, -0.05) is 22.0 Å². The van der Waals surface area contributed by atoms with Crippen LogP contribution in [0.15, 0.2) is 18.2 Å². The molecule has 1 aliphatic heterocycles. The van der Waals surface area contributed by atoms with E-state index in [9.17, 15) is 9.90 Å². The van der Waals surface area contributed by atoms with E-state index in [-0.39, 0.29) is 21.9 Å². The number of carbonyl (C=O) groups excluding carboxylic acids is 1. The van der Waals surface area contributed by atoms with Crippen LogP contribution in [0.25, 0.3) is 0 Å². The van der Waals surface area contributed by atoms with Crippen LogP contribution in [0.5, 0.6) is 11.5 Å². The van der Waals surface area contributed by atoms with Crippen molar-refractivity contribution in [3.05, 3.63) is 23.8 Å². The summed E-state index contributed by atoms with van der Waals surface area (Å²) in [7, 11) is 0. The van der Waals surface area contributed by atoms with Gasteiger partial charge in [-0.2, -0.15) is 0 Å². The van der Waals surface area contributed by atoms with Gasteiger partial charge in [0.25, 0.3) is 0 Å². The number of aromatic hydroxyl groups is 1. The molecule has 0 amide bonds. The first-order valence-corrected chi connectivity index (χ1v) is 4.75. The molecule has 1 aromatic carbocycles. The molecule has 1 N–H and O–H groups in total. The highest BCUT2D eigenvalue weighted by Crippen LogP contribution is 2.33. The van der Waals surface area contributed by atoms with Crippen molar-refractivity contribution in [1.29, 1.82) is 0 Å². The van der Waals surface area contributed by atoms with Crippen LogP contribution in [0.3, 0.4) is 0 Å². The van der Waals surface area contributed by atoms with Crippen molar-refractivity contribution in [3.8, 4) is 11.5 Å². The zero-order valence-electron chi connectivity index (χ0n) is 6.66. The Morgan fingerprint density at radius 3 is 3.08 bits per heavy atom. The van der Waals surface area contributed by atoms with Crippen molar-refractivity contribution >= 4 is 21.7 Å². The third-order valence-corrected chi connectivity index (χ3v) is 2.60. The van der Waals surface area contributed by atoms with E-state index in [2.05, 4.69) is 15.9 Å². The molecule has 0 saturated heterocycles. The average Bonchev–Trinajstić information content (AvgIpc) is 2.12. The van der Waals surface area contributed by atoms with Crippen molar-refractivity contribution in [1.82, 2.24) is 0 Å². The number of halogens is 1. The predicted octanol–water partition coefficient (Wildman–Crippen LogP) is 1.73. The number of hydrogen-bond acceptors (Lipinski definition) is 3. The Labute approximate surface area is 83.5 Å². The number of ether oxygens (including phenoxy) is 1. The molecule has 0 saturated carbocycles. The maximum atomic E-state index is 11.6. The summed E-state index contributed by atoms with van der Waals surface area (Å²) in [5, 5.41) is 9.42. The molecule has 1 heterocycles. The van der Waals surface area contributed by atoms with Gasteiger partial charge in [-0.15, -0.1) is 0 Å². The van der Waals surface area contributed by atoms with E-state index < -0.39 is 0 Å². The molecule has 0 bridgehead atoms. The molecule has 1 aromatic rings. The number of Topliss-reactive ketones (excluding diaryl/α,β-unsaturated/α-hetero) is 1. The predicted molar refractivity (Wildman–Crippen MR) is 50.6 cm³/mol. The van der Waals surface area contributed by atoms with Crippen LogP contribution < -0.4 is 4.74 Å². The van der Waals surface area contributed by atoms with E-state index in [0.29, 0.717) is 12.4 Å². The van der Waals surface area contributed by atoms with Crippen LogP contribution >= 0.6 is 15.9 Å². The van der Waals surface area contributed by atoms with Crippen LogP contribution in [0.4, 0.5) is 0 Å². The maximum Gasteiger partial charge on any atom is 0.187 e. The lowest BCUT2D eigenvalue weighted by atomic mass is 10.0. The van der Waals surface area contributed by atoms with Gasteiger partial charge in [0, 0.05) is 0 Å². The molecule has 4 heteroatoms. The Balaban J connectivity index is 2.57. The molecule has 0 spiro atoms. The Kier molecular flexibility index (Phi) is 2.00. The number of phenolic OH excluding ortho intramolecular Hbond substituents is 1. The van der Waals surface area contributed by atoms with Crippen LogP contribution in [0.1, 0.15) is 10.4 Å². The Morgan fingerprint density at radius 2 is 2.31 bits per heavy atom. The van der Waals surface area contributed by atoms with Gasteiger partial charge in [-0.3, -0.25) is 4.79 Å². The molecule has 0 fully saturated rings. The van der Waals surface area contributed by atoms with Gasteiger partial charge >= 0.3 is 0 Å². The summed E-state index contributed by atoms with van der Waals surface area (Å²) in [4.78, 5) is 11.2. The summed E-state index contributed by atoms with van der Waals surface area (Å²) in [5.74, 6) is 0.312. The number of hydrogen-bond donors (Lipinski definition) is 1. The molecule has 0 aromatic heterocycles. The smallest absolute Gasteiger partial charge is 0.187 e. The number of fused-ring (bicyclic) bond motifs is 1. The Bertz CT molecular complexity index is 362. The van der Waals surface area contributed by atoms with Crippen LogP contribution in [-0.2, 0) is 0 Å². The molecular weight excluding hydrogens is 236 g/mol. The number of benzene rings is 1. The zero-order chi connectivity index (χ0) is 9.42. The van der Waals surface area contributed by atoms with Crippen molar-refractivity contribution in [2.24, 2.45) is 0 Å². The zero-order valence-corrected chi connectivity index (χ0v) is 8.24. The normalized spacial score (nSPS) is 20.7. The largest absolute Gasteiger partial charge is 0.507 e. The molecule has 1 aliphatic rings. The van der Waals surface area contributed by atoms with Crippen LogP contribution in [-0.4, -0.2) is 22.3 Å². The minimum Gasteiger partial charge on any atom is -0.507 e. The van der Waals surface area contributed by atoms with Gasteiger partial charge in [-0.05, 0) is 12.1 Å². The fraction of sp³-hybridized carbons (Fsp3) is 0.222. The minimum atomic E-state index is -0.353. The van der Waals surface area contributed by atoms with Gasteiger partial charge in [0.1, 0.15) is 28.5 Å². The van der Waals surface area contributed by atoms with E-state index in [0.717, 1.165) is 0 Å². The number of alkyl halides is 1. The monoisotopic (exact) mass is 242 g/mol. The second-order valence-corrected chi connectivity index (χ2v) is 3.90. The van der Waals surface area contributed by atoms with E-state index in [1.807, 2.05) is 0 Å².